The van der Waals surface area contributed by atoms with Gasteiger partial charge in [0.25, 0.3) is 0 Å². The van der Waals surface area contributed by atoms with Gasteiger partial charge in [-0.3, -0.25) is 4.79 Å². The SMILES string of the molecule is CC.CCC(CCn1cnc2c(NC)nc(Cl)nc21)C(=O)NC. The minimum absolute atomic E-state index is 0.0199. The maximum atomic E-state index is 11.7. The van der Waals surface area contributed by atoms with Crippen LogP contribution in [-0.2, 0) is 11.3 Å². The number of amides is 1. The standard InChI is InChI=1S/C13H19ClN6O.C2H6/c1-4-8(12(21)16-3)5-6-20-7-17-9-10(15-2)18-13(14)19-11(9)20;1-2/h7-8H,4-6H2,1-3H3,(H,16,21)(H,15,18,19);1-2H3. The van der Waals surface area contributed by atoms with Crippen LogP contribution < -0.4 is 10.6 Å². The van der Waals surface area contributed by atoms with Gasteiger partial charge in [0.1, 0.15) is 0 Å². The third-order valence-corrected chi connectivity index (χ3v) is 3.67. The Labute approximate surface area is 141 Å². The van der Waals surface area contributed by atoms with E-state index in [1.54, 1.807) is 20.4 Å². The molecule has 8 heteroatoms. The summed E-state index contributed by atoms with van der Waals surface area (Å²) >= 11 is 5.93. The normalized spacial score (nSPS) is 11.6. The zero-order valence-corrected chi connectivity index (χ0v) is 15.1. The number of halogens is 1. The average molecular weight is 341 g/mol. The van der Waals surface area contributed by atoms with Gasteiger partial charge < -0.3 is 15.2 Å². The lowest BCUT2D eigenvalue weighted by atomic mass is 10.0. The second-order valence-electron chi connectivity index (χ2n) is 4.71. The number of anilines is 1. The molecule has 0 spiro atoms. The van der Waals surface area contributed by atoms with E-state index >= 15 is 0 Å². The Kier molecular flexibility index (Phi) is 7.74. The first-order valence-electron chi connectivity index (χ1n) is 7.88. The van der Waals surface area contributed by atoms with Crippen molar-refractivity contribution in [2.75, 3.05) is 19.4 Å². The number of hydrogen-bond donors (Lipinski definition) is 2. The van der Waals surface area contributed by atoms with Crippen LogP contribution in [0.3, 0.4) is 0 Å². The Morgan fingerprint density at radius 3 is 2.61 bits per heavy atom. The van der Waals surface area contributed by atoms with Crippen molar-refractivity contribution in [3.63, 3.8) is 0 Å². The van der Waals surface area contributed by atoms with Gasteiger partial charge in [-0.1, -0.05) is 20.8 Å². The van der Waals surface area contributed by atoms with Gasteiger partial charge in [0, 0.05) is 26.6 Å². The average Bonchev–Trinajstić information content (AvgIpc) is 2.99. The number of aryl methyl sites for hydroxylation is 1. The van der Waals surface area contributed by atoms with E-state index in [-0.39, 0.29) is 17.1 Å². The number of hydrogen-bond acceptors (Lipinski definition) is 5. The summed E-state index contributed by atoms with van der Waals surface area (Å²) in [5.74, 6) is 0.640. The summed E-state index contributed by atoms with van der Waals surface area (Å²) in [4.78, 5) is 24.4. The lowest BCUT2D eigenvalue weighted by molar-refractivity contribution is -0.124. The Balaban J connectivity index is 0.00000127. The van der Waals surface area contributed by atoms with E-state index in [2.05, 4.69) is 25.6 Å². The van der Waals surface area contributed by atoms with E-state index in [0.29, 0.717) is 23.5 Å². The van der Waals surface area contributed by atoms with Crippen molar-refractivity contribution in [1.29, 1.82) is 0 Å². The summed E-state index contributed by atoms with van der Waals surface area (Å²) in [6.45, 7) is 6.66. The van der Waals surface area contributed by atoms with Crippen LogP contribution in [0.25, 0.3) is 11.2 Å². The van der Waals surface area contributed by atoms with Crippen LogP contribution in [0.15, 0.2) is 6.33 Å². The molecule has 2 heterocycles. The predicted octanol–water partition coefficient (Wildman–Crippen LogP) is 2.71. The number of nitrogens with zero attached hydrogens (tertiary/aromatic N) is 4. The predicted molar refractivity (Wildman–Crippen MR) is 93.7 cm³/mol. The van der Waals surface area contributed by atoms with Crippen LogP contribution in [-0.4, -0.2) is 39.5 Å². The summed E-state index contributed by atoms with van der Waals surface area (Å²) in [6.07, 6.45) is 3.22. The topological polar surface area (TPSA) is 84.7 Å². The molecular weight excluding hydrogens is 316 g/mol. The molecule has 2 aromatic rings. The molecule has 0 fully saturated rings. The summed E-state index contributed by atoms with van der Waals surface area (Å²) in [5, 5.41) is 5.82. The third-order valence-electron chi connectivity index (χ3n) is 3.50. The first kappa shape index (κ1) is 19.2. The molecule has 0 aliphatic carbocycles. The van der Waals surface area contributed by atoms with Gasteiger partial charge in [-0.25, -0.2) is 4.98 Å². The number of aromatic nitrogens is 4. The Bertz CT molecular complexity index is 642. The minimum atomic E-state index is -0.0199. The molecule has 0 saturated heterocycles. The Hall–Kier alpha value is -1.89. The second kappa shape index (κ2) is 9.29. The lowest BCUT2D eigenvalue weighted by Gasteiger charge is -2.13. The molecule has 0 radical (unpaired) electrons. The molecule has 1 atom stereocenters. The van der Waals surface area contributed by atoms with Gasteiger partial charge in [-0.2, -0.15) is 9.97 Å². The largest absolute Gasteiger partial charge is 0.371 e. The fourth-order valence-electron chi connectivity index (χ4n) is 2.28. The Morgan fingerprint density at radius 2 is 2.04 bits per heavy atom. The first-order valence-corrected chi connectivity index (χ1v) is 8.26. The summed E-state index contributed by atoms with van der Waals surface area (Å²) in [7, 11) is 3.42. The molecular formula is C15H25ClN6O. The molecule has 2 rings (SSSR count). The van der Waals surface area contributed by atoms with E-state index in [1.165, 1.54) is 0 Å². The van der Waals surface area contributed by atoms with Gasteiger partial charge in [0.05, 0.1) is 6.33 Å². The van der Waals surface area contributed by atoms with E-state index in [0.717, 1.165) is 12.8 Å². The molecule has 7 nitrogen and oxygen atoms in total. The molecule has 2 N–H and O–H groups in total. The van der Waals surface area contributed by atoms with Crippen LogP contribution in [0.1, 0.15) is 33.6 Å². The lowest BCUT2D eigenvalue weighted by Crippen LogP contribution is -2.27. The number of nitrogens with one attached hydrogen (secondary N) is 2. The molecule has 0 aromatic carbocycles. The third kappa shape index (κ3) is 4.54. The molecule has 0 aliphatic rings. The molecule has 23 heavy (non-hydrogen) atoms. The van der Waals surface area contributed by atoms with Crippen molar-refractivity contribution in [3.05, 3.63) is 11.6 Å². The number of imidazole rings is 1. The van der Waals surface area contributed by atoms with Crippen LogP contribution in [0.2, 0.25) is 5.28 Å². The highest BCUT2D eigenvalue weighted by Crippen LogP contribution is 2.21. The number of rotatable bonds is 6. The van der Waals surface area contributed by atoms with Crippen molar-refractivity contribution < 1.29 is 4.79 Å². The monoisotopic (exact) mass is 340 g/mol. The molecule has 1 unspecified atom stereocenters. The van der Waals surface area contributed by atoms with Crippen LogP contribution >= 0.6 is 11.6 Å². The zero-order chi connectivity index (χ0) is 17.4. The minimum Gasteiger partial charge on any atom is -0.371 e. The maximum absolute atomic E-state index is 11.7. The fourth-order valence-corrected chi connectivity index (χ4v) is 2.44. The van der Waals surface area contributed by atoms with Crippen molar-refractivity contribution in [2.24, 2.45) is 5.92 Å². The molecule has 128 valence electrons. The quantitative estimate of drug-likeness (QED) is 0.790. The van der Waals surface area contributed by atoms with Crippen molar-refractivity contribution in [1.82, 2.24) is 24.8 Å². The number of carbonyl (C=O) groups excluding carboxylic acids is 1. The van der Waals surface area contributed by atoms with Gasteiger partial charge in [-0.15, -0.1) is 0 Å². The fraction of sp³-hybridized carbons (Fsp3) is 0.600. The Morgan fingerprint density at radius 1 is 1.35 bits per heavy atom. The number of fused-ring (bicyclic) bond motifs is 1. The van der Waals surface area contributed by atoms with Gasteiger partial charge in [0.15, 0.2) is 17.0 Å². The second-order valence-corrected chi connectivity index (χ2v) is 5.05. The number of carbonyl (C=O) groups is 1. The molecule has 1 amide bonds. The zero-order valence-electron chi connectivity index (χ0n) is 14.4. The highest BCUT2D eigenvalue weighted by Gasteiger charge is 2.17. The summed E-state index contributed by atoms with van der Waals surface area (Å²) < 4.78 is 1.90. The molecule has 0 saturated carbocycles. The molecule has 0 aliphatic heterocycles. The summed E-state index contributed by atoms with van der Waals surface area (Å²) in [6, 6.07) is 0. The van der Waals surface area contributed by atoms with E-state index in [4.69, 9.17) is 11.6 Å². The van der Waals surface area contributed by atoms with E-state index in [1.807, 2.05) is 25.3 Å². The first-order chi connectivity index (χ1) is 11.1. The summed E-state index contributed by atoms with van der Waals surface area (Å²) in [5.41, 5.74) is 1.35. The van der Waals surface area contributed by atoms with Crippen LogP contribution in [0.4, 0.5) is 5.82 Å². The molecule has 2 aromatic heterocycles. The van der Waals surface area contributed by atoms with Gasteiger partial charge >= 0.3 is 0 Å². The van der Waals surface area contributed by atoms with Crippen molar-refractivity contribution in [3.8, 4) is 0 Å². The van der Waals surface area contributed by atoms with Crippen LogP contribution in [0, 0.1) is 5.92 Å². The maximum Gasteiger partial charge on any atom is 0.226 e. The van der Waals surface area contributed by atoms with E-state index < -0.39 is 0 Å². The van der Waals surface area contributed by atoms with Gasteiger partial charge in [-0.05, 0) is 24.4 Å². The van der Waals surface area contributed by atoms with Crippen molar-refractivity contribution >= 4 is 34.5 Å². The highest BCUT2D eigenvalue weighted by atomic mass is 35.5. The van der Waals surface area contributed by atoms with Crippen molar-refractivity contribution in [2.45, 2.75) is 40.2 Å². The van der Waals surface area contributed by atoms with Gasteiger partial charge in [0.2, 0.25) is 11.2 Å². The highest BCUT2D eigenvalue weighted by molar-refractivity contribution is 6.28. The van der Waals surface area contributed by atoms with E-state index in [9.17, 15) is 4.79 Å². The molecule has 0 bridgehead atoms. The smallest absolute Gasteiger partial charge is 0.226 e. The van der Waals surface area contributed by atoms with Crippen LogP contribution in [0.5, 0.6) is 0 Å².